The SMILES string of the molecule is O=C(OCC(=O)N1CCN(c2ncccn2)CC1)c1cc(F)cc(F)c1. The number of halogens is 2. The largest absolute Gasteiger partial charge is 0.452 e. The van der Waals surface area contributed by atoms with Gasteiger partial charge in [0, 0.05) is 44.6 Å². The van der Waals surface area contributed by atoms with Crippen LogP contribution in [0.2, 0.25) is 0 Å². The molecule has 2 heterocycles. The van der Waals surface area contributed by atoms with Crippen LogP contribution in [-0.2, 0) is 9.53 Å². The van der Waals surface area contributed by atoms with Gasteiger partial charge in [-0.2, -0.15) is 0 Å². The fourth-order valence-corrected chi connectivity index (χ4v) is 2.58. The summed E-state index contributed by atoms with van der Waals surface area (Å²) in [6, 6.07) is 4.09. The van der Waals surface area contributed by atoms with Crippen molar-refractivity contribution in [2.24, 2.45) is 0 Å². The molecule has 0 atom stereocenters. The number of hydrogen-bond donors (Lipinski definition) is 0. The summed E-state index contributed by atoms with van der Waals surface area (Å²) < 4.78 is 31.1. The molecule has 3 rings (SSSR count). The smallest absolute Gasteiger partial charge is 0.338 e. The number of benzene rings is 1. The van der Waals surface area contributed by atoms with E-state index >= 15 is 0 Å². The normalized spacial score (nSPS) is 14.2. The van der Waals surface area contributed by atoms with Crippen LogP contribution in [0.1, 0.15) is 10.4 Å². The Balaban J connectivity index is 1.49. The Hall–Kier alpha value is -3.10. The van der Waals surface area contributed by atoms with Crippen molar-refractivity contribution in [3.63, 3.8) is 0 Å². The zero-order chi connectivity index (χ0) is 18.5. The Labute approximate surface area is 148 Å². The van der Waals surface area contributed by atoms with Gasteiger partial charge in [0.15, 0.2) is 6.61 Å². The number of anilines is 1. The third-order valence-electron chi connectivity index (χ3n) is 3.89. The first kappa shape index (κ1) is 17.7. The van der Waals surface area contributed by atoms with Gasteiger partial charge >= 0.3 is 5.97 Å². The molecular formula is C17H16F2N4O3. The van der Waals surface area contributed by atoms with Gasteiger partial charge in [-0.25, -0.2) is 23.5 Å². The molecule has 1 saturated heterocycles. The third kappa shape index (κ3) is 4.29. The van der Waals surface area contributed by atoms with E-state index in [2.05, 4.69) is 9.97 Å². The zero-order valence-corrected chi connectivity index (χ0v) is 13.8. The molecule has 1 amide bonds. The lowest BCUT2D eigenvalue weighted by atomic mass is 10.2. The highest BCUT2D eigenvalue weighted by Crippen LogP contribution is 2.11. The van der Waals surface area contributed by atoms with E-state index in [9.17, 15) is 18.4 Å². The van der Waals surface area contributed by atoms with Crippen molar-refractivity contribution in [3.05, 3.63) is 53.9 Å². The number of nitrogens with zero attached hydrogens (tertiary/aromatic N) is 4. The minimum atomic E-state index is -0.951. The molecule has 0 radical (unpaired) electrons. The lowest BCUT2D eigenvalue weighted by Crippen LogP contribution is -2.50. The van der Waals surface area contributed by atoms with E-state index < -0.39 is 24.2 Å². The summed E-state index contributed by atoms with van der Waals surface area (Å²) in [6.07, 6.45) is 3.29. The lowest BCUT2D eigenvalue weighted by Gasteiger charge is -2.34. The van der Waals surface area contributed by atoms with Gasteiger partial charge in [-0.3, -0.25) is 4.79 Å². The van der Waals surface area contributed by atoms with Crippen molar-refractivity contribution in [1.82, 2.24) is 14.9 Å². The fraction of sp³-hybridized carbons (Fsp3) is 0.294. The van der Waals surface area contributed by atoms with E-state index in [0.717, 1.165) is 12.1 Å². The molecule has 1 aliphatic rings. The van der Waals surface area contributed by atoms with Crippen LogP contribution in [0, 0.1) is 11.6 Å². The van der Waals surface area contributed by atoms with E-state index in [-0.39, 0.29) is 11.5 Å². The molecule has 9 heteroatoms. The van der Waals surface area contributed by atoms with Gasteiger partial charge in [-0.05, 0) is 18.2 Å². The average molecular weight is 362 g/mol. The third-order valence-corrected chi connectivity index (χ3v) is 3.89. The second-order valence-electron chi connectivity index (χ2n) is 5.65. The minimum absolute atomic E-state index is 0.277. The minimum Gasteiger partial charge on any atom is -0.452 e. The van der Waals surface area contributed by atoms with Crippen molar-refractivity contribution in [1.29, 1.82) is 0 Å². The number of hydrogen-bond acceptors (Lipinski definition) is 6. The maximum atomic E-state index is 13.1. The number of rotatable bonds is 4. The van der Waals surface area contributed by atoms with Crippen LogP contribution in [0.4, 0.5) is 14.7 Å². The monoisotopic (exact) mass is 362 g/mol. The Morgan fingerprint density at radius 2 is 1.62 bits per heavy atom. The zero-order valence-electron chi connectivity index (χ0n) is 13.8. The predicted molar refractivity (Wildman–Crippen MR) is 87.5 cm³/mol. The summed E-state index contributed by atoms with van der Waals surface area (Å²) in [5, 5.41) is 0. The molecule has 1 aromatic carbocycles. The van der Waals surface area contributed by atoms with Gasteiger partial charge in [0.25, 0.3) is 5.91 Å². The van der Waals surface area contributed by atoms with Gasteiger partial charge in [0.1, 0.15) is 11.6 Å². The van der Waals surface area contributed by atoms with Crippen LogP contribution in [0.5, 0.6) is 0 Å². The van der Waals surface area contributed by atoms with E-state index in [0.29, 0.717) is 38.2 Å². The molecule has 2 aromatic rings. The molecule has 0 N–H and O–H groups in total. The molecular weight excluding hydrogens is 346 g/mol. The molecule has 0 saturated carbocycles. The van der Waals surface area contributed by atoms with Gasteiger partial charge < -0.3 is 14.5 Å². The number of carbonyl (C=O) groups excluding carboxylic acids is 2. The summed E-state index contributed by atoms with van der Waals surface area (Å²) in [6.45, 7) is 1.49. The molecule has 0 unspecified atom stereocenters. The van der Waals surface area contributed by atoms with E-state index in [1.807, 2.05) is 4.90 Å². The van der Waals surface area contributed by atoms with Crippen LogP contribution in [0.15, 0.2) is 36.7 Å². The van der Waals surface area contributed by atoms with E-state index in [1.165, 1.54) is 0 Å². The highest BCUT2D eigenvalue weighted by atomic mass is 19.1. The van der Waals surface area contributed by atoms with Crippen LogP contribution in [0.3, 0.4) is 0 Å². The maximum Gasteiger partial charge on any atom is 0.338 e. The first-order valence-electron chi connectivity index (χ1n) is 7.96. The number of ether oxygens (including phenoxy) is 1. The topological polar surface area (TPSA) is 75.6 Å². The summed E-state index contributed by atoms with van der Waals surface area (Å²) in [7, 11) is 0. The van der Waals surface area contributed by atoms with Crippen LogP contribution < -0.4 is 4.90 Å². The molecule has 1 aliphatic heterocycles. The molecule has 26 heavy (non-hydrogen) atoms. The second kappa shape index (κ2) is 7.85. The summed E-state index contributed by atoms with van der Waals surface area (Å²) in [4.78, 5) is 35.8. The van der Waals surface area contributed by atoms with Gasteiger partial charge in [-0.15, -0.1) is 0 Å². The van der Waals surface area contributed by atoms with Gasteiger partial charge in [0.05, 0.1) is 5.56 Å². The van der Waals surface area contributed by atoms with Crippen LogP contribution in [-0.4, -0.2) is 59.5 Å². The van der Waals surface area contributed by atoms with Crippen molar-refractivity contribution >= 4 is 17.8 Å². The maximum absolute atomic E-state index is 13.1. The molecule has 0 aliphatic carbocycles. The number of amides is 1. The second-order valence-corrected chi connectivity index (χ2v) is 5.65. The summed E-state index contributed by atoms with van der Waals surface area (Å²) >= 11 is 0. The number of esters is 1. The first-order chi connectivity index (χ1) is 12.5. The highest BCUT2D eigenvalue weighted by molar-refractivity contribution is 5.91. The van der Waals surface area contributed by atoms with Gasteiger partial charge in [0.2, 0.25) is 5.95 Å². The summed E-state index contributed by atoms with van der Waals surface area (Å²) in [5.74, 6) is -2.50. The molecule has 7 nitrogen and oxygen atoms in total. The number of piperazine rings is 1. The molecule has 1 fully saturated rings. The Bertz CT molecular complexity index is 776. The Kier molecular flexibility index (Phi) is 5.35. The highest BCUT2D eigenvalue weighted by Gasteiger charge is 2.23. The van der Waals surface area contributed by atoms with Crippen LogP contribution >= 0.6 is 0 Å². The lowest BCUT2D eigenvalue weighted by molar-refractivity contribution is -0.134. The van der Waals surface area contributed by atoms with Crippen molar-refractivity contribution in [2.45, 2.75) is 0 Å². The van der Waals surface area contributed by atoms with Gasteiger partial charge in [-0.1, -0.05) is 0 Å². The molecule has 136 valence electrons. The number of aromatic nitrogens is 2. The van der Waals surface area contributed by atoms with Crippen molar-refractivity contribution in [3.8, 4) is 0 Å². The first-order valence-corrected chi connectivity index (χ1v) is 7.96. The average Bonchev–Trinajstić information content (AvgIpc) is 2.66. The molecule has 0 bridgehead atoms. The quantitative estimate of drug-likeness (QED) is 0.763. The van der Waals surface area contributed by atoms with Crippen molar-refractivity contribution in [2.75, 3.05) is 37.7 Å². The molecule has 0 spiro atoms. The van der Waals surface area contributed by atoms with Crippen molar-refractivity contribution < 1.29 is 23.1 Å². The standard InChI is InChI=1S/C17H16F2N4O3/c18-13-8-12(9-14(19)10-13)16(25)26-11-15(24)22-4-6-23(7-5-22)17-20-2-1-3-21-17/h1-3,8-10H,4-7,11H2. The Morgan fingerprint density at radius 1 is 1.00 bits per heavy atom. The summed E-state index contributed by atoms with van der Waals surface area (Å²) in [5.41, 5.74) is -0.277. The fourth-order valence-electron chi connectivity index (χ4n) is 2.58. The Morgan fingerprint density at radius 3 is 2.23 bits per heavy atom. The molecule has 1 aromatic heterocycles. The van der Waals surface area contributed by atoms with E-state index in [4.69, 9.17) is 4.74 Å². The van der Waals surface area contributed by atoms with E-state index in [1.54, 1.807) is 23.4 Å². The van der Waals surface area contributed by atoms with Crippen LogP contribution in [0.25, 0.3) is 0 Å². The predicted octanol–water partition coefficient (Wildman–Crippen LogP) is 1.26. The number of carbonyl (C=O) groups is 2.